The Balaban J connectivity index is 2.35. The van der Waals surface area contributed by atoms with Crippen molar-refractivity contribution in [1.29, 1.82) is 0 Å². The van der Waals surface area contributed by atoms with Gasteiger partial charge in [0.25, 0.3) is 0 Å². The molecule has 0 amide bonds. The van der Waals surface area contributed by atoms with E-state index in [1.54, 1.807) is 19.0 Å². The smallest absolute Gasteiger partial charge is 0.325 e. The average molecular weight is 233 g/mol. The van der Waals surface area contributed by atoms with Gasteiger partial charge in [-0.3, -0.25) is 9.69 Å². The molecule has 1 unspecified atom stereocenters. The second kappa shape index (κ2) is 4.88. The molecule has 1 atom stereocenters. The van der Waals surface area contributed by atoms with Crippen molar-refractivity contribution in [3.63, 3.8) is 0 Å². The van der Waals surface area contributed by atoms with Gasteiger partial charge in [-0.25, -0.2) is 0 Å². The highest BCUT2D eigenvalue weighted by Crippen LogP contribution is 2.26. The van der Waals surface area contributed by atoms with E-state index in [1.807, 2.05) is 6.07 Å². The van der Waals surface area contributed by atoms with Crippen LogP contribution in [0.5, 0.6) is 0 Å². The first kappa shape index (κ1) is 12.1. The Morgan fingerprint density at radius 2 is 1.88 bits per heavy atom. The van der Waals surface area contributed by atoms with E-state index in [9.17, 15) is 9.90 Å². The topological polar surface area (TPSA) is 40.5 Å². The minimum absolute atomic E-state index is 0.540. The maximum atomic E-state index is 11.3. The number of carboxylic acids is 1. The Labute approximate surface area is 102 Å². The molecule has 0 radical (unpaired) electrons. The molecule has 1 aromatic rings. The zero-order chi connectivity index (χ0) is 12.4. The van der Waals surface area contributed by atoms with Crippen molar-refractivity contribution in [2.45, 2.75) is 31.7 Å². The summed E-state index contributed by atoms with van der Waals surface area (Å²) in [6, 6.07) is 5.60. The molecule has 17 heavy (non-hydrogen) atoms. The lowest BCUT2D eigenvalue weighted by molar-refractivity contribution is -0.142. The van der Waals surface area contributed by atoms with Crippen molar-refractivity contribution in [2.24, 2.45) is 0 Å². The Bertz CT molecular complexity index is 426. The lowest BCUT2D eigenvalue weighted by Crippen LogP contribution is -2.27. The zero-order valence-electron chi connectivity index (χ0n) is 10.4. The van der Waals surface area contributed by atoms with Gasteiger partial charge in [-0.05, 0) is 56.5 Å². The number of rotatable bonds is 3. The average Bonchev–Trinajstić information content (AvgIpc) is 2.28. The minimum Gasteiger partial charge on any atom is -0.480 e. The van der Waals surface area contributed by atoms with E-state index in [0.717, 1.165) is 18.4 Å². The zero-order valence-corrected chi connectivity index (χ0v) is 10.4. The summed E-state index contributed by atoms with van der Waals surface area (Å²) in [5.74, 6) is -0.786. The Morgan fingerprint density at radius 3 is 2.47 bits per heavy atom. The van der Waals surface area contributed by atoms with E-state index in [2.05, 4.69) is 12.1 Å². The third-order valence-electron chi connectivity index (χ3n) is 3.44. The first-order valence-corrected chi connectivity index (χ1v) is 6.10. The Morgan fingerprint density at radius 1 is 1.24 bits per heavy atom. The molecule has 0 saturated heterocycles. The van der Waals surface area contributed by atoms with Gasteiger partial charge in [-0.2, -0.15) is 0 Å². The molecule has 3 nitrogen and oxygen atoms in total. The summed E-state index contributed by atoms with van der Waals surface area (Å²) < 4.78 is 0. The molecule has 3 heteroatoms. The molecule has 2 rings (SSSR count). The van der Waals surface area contributed by atoms with Crippen LogP contribution in [0, 0.1) is 0 Å². The van der Waals surface area contributed by atoms with Crippen LogP contribution in [-0.4, -0.2) is 30.1 Å². The van der Waals surface area contributed by atoms with Gasteiger partial charge >= 0.3 is 5.97 Å². The third-order valence-corrected chi connectivity index (χ3v) is 3.44. The van der Waals surface area contributed by atoms with E-state index < -0.39 is 12.0 Å². The predicted molar refractivity (Wildman–Crippen MR) is 67.1 cm³/mol. The van der Waals surface area contributed by atoms with Crippen LogP contribution in [0.3, 0.4) is 0 Å². The summed E-state index contributed by atoms with van der Waals surface area (Å²) in [7, 11) is 3.61. The molecule has 0 heterocycles. The second-order valence-electron chi connectivity index (χ2n) is 4.94. The number of hydrogen-bond acceptors (Lipinski definition) is 2. The molecule has 1 N–H and O–H groups in total. The van der Waals surface area contributed by atoms with Gasteiger partial charge in [0, 0.05) is 0 Å². The highest BCUT2D eigenvalue weighted by atomic mass is 16.4. The number of aliphatic carboxylic acids is 1. The molecule has 0 bridgehead atoms. The summed E-state index contributed by atoms with van der Waals surface area (Å²) in [6.45, 7) is 0. The second-order valence-corrected chi connectivity index (χ2v) is 4.94. The number of nitrogens with zero attached hydrogens (tertiary/aromatic N) is 1. The summed E-state index contributed by atoms with van der Waals surface area (Å²) in [6.07, 6.45) is 4.69. The fraction of sp³-hybridized carbons (Fsp3) is 0.500. The molecule has 0 saturated carbocycles. The number of likely N-dealkylation sites (N-methyl/N-ethyl adjacent to an activating group) is 1. The maximum absolute atomic E-state index is 11.3. The normalized spacial score (nSPS) is 16.6. The van der Waals surface area contributed by atoms with E-state index in [1.165, 1.54) is 24.0 Å². The van der Waals surface area contributed by atoms with Gasteiger partial charge in [0.15, 0.2) is 0 Å². The molecule has 92 valence electrons. The molecule has 0 aliphatic heterocycles. The SMILES string of the molecule is CN(C)C(C(=O)O)c1ccc2c(c1)CCCC2. The Hall–Kier alpha value is -1.35. The highest BCUT2D eigenvalue weighted by Gasteiger charge is 2.23. The number of carbonyl (C=O) groups is 1. The molecule has 1 aromatic carbocycles. The number of fused-ring (bicyclic) bond motifs is 1. The predicted octanol–water partition coefficient (Wildman–Crippen LogP) is 2.25. The van der Waals surface area contributed by atoms with E-state index in [0.29, 0.717) is 0 Å². The number of carboxylic acid groups (broad SMARTS) is 1. The standard InChI is InChI=1S/C14H19NO2/c1-15(2)13(14(16)17)12-8-7-10-5-3-4-6-11(10)9-12/h7-9,13H,3-6H2,1-2H3,(H,16,17). The van der Waals surface area contributed by atoms with Crippen LogP contribution in [0.2, 0.25) is 0 Å². The van der Waals surface area contributed by atoms with Crippen molar-refractivity contribution in [3.8, 4) is 0 Å². The molecule has 0 aromatic heterocycles. The summed E-state index contributed by atoms with van der Waals surface area (Å²) in [5, 5.41) is 9.26. The first-order chi connectivity index (χ1) is 8.09. The van der Waals surface area contributed by atoms with Crippen molar-refractivity contribution in [3.05, 3.63) is 34.9 Å². The third kappa shape index (κ3) is 2.50. The van der Waals surface area contributed by atoms with Crippen LogP contribution >= 0.6 is 0 Å². The van der Waals surface area contributed by atoms with Crippen LogP contribution in [0.4, 0.5) is 0 Å². The fourth-order valence-electron chi connectivity index (χ4n) is 2.59. The van der Waals surface area contributed by atoms with Crippen LogP contribution in [0.1, 0.15) is 35.6 Å². The van der Waals surface area contributed by atoms with Crippen molar-refractivity contribution < 1.29 is 9.90 Å². The van der Waals surface area contributed by atoms with Gasteiger partial charge < -0.3 is 5.11 Å². The van der Waals surface area contributed by atoms with Crippen LogP contribution < -0.4 is 0 Å². The van der Waals surface area contributed by atoms with Crippen molar-refractivity contribution in [2.75, 3.05) is 14.1 Å². The maximum Gasteiger partial charge on any atom is 0.325 e. The molecular weight excluding hydrogens is 214 g/mol. The highest BCUT2D eigenvalue weighted by molar-refractivity contribution is 5.75. The van der Waals surface area contributed by atoms with Crippen molar-refractivity contribution >= 4 is 5.97 Å². The summed E-state index contributed by atoms with van der Waals surface area (Å²) >= 11 is 0. The number of benzene rings is 1. The lowest BCUT2D eigenvalue weighted by atomic mass is 9.89. The molecule has 0 fully saturated rings. The lowest BCUT2D eigenvalue weighted by Gasteiger charge is -2.23. The monoisotopic (exact) mass is 233 g/mol. The molecule has 1 aliphatic carbocycles. The molecular formula is C14H19NO2. The van der Waals surface area contributed by atoms with Crippen LogP contribution in [0.15, 0.2) is 18.2 Å². The van der Waals surface area contributed by atoms with Crippen LogP contribution in [-0.2, 0) is 17.6 Å². The van der Waals surface area contributed by atoms with Crippen LogP contribution in [0.25, 0.3) is 0 Å². The first-order valence-electron chi connectivity index (χ1n) is 6.10. The number of aryl methyl sites for hydroxylation is 2. The Kier molecular flexibility index (Phi) is 3.48. The molecule has 0 spiro atoms. The van der Waals surface area contributed by atoms with E-state index in [-0.39, 0.29) is 0 Å². The summed E-state index contributed by atoms with van der Waals surface area (Å²) in [4.78, 5) is 13.0. The van der Waals surface area contributed by atoms with E-state index in [4.69, 9.17) is 0 Å². The van der Waals surface area contributed by atoms with E-state index >= 15 is 0 Å². The van der Waals surface area contributed by atoms with Gasteiger partial charge in [0.05, 0.1) is 0 Å². The van der Waals surface area contributed by atoms with Gasteiger partial charge in [0.2, 0.25) is 0 Å². The number of hydrogen-bond donors (Lipinski definition) is 1. The fourth-order valence-corrected chi connectivity index (χ4v) is 2.59. The van der Waals surface area contributed by atoms with Gasteiger partial charge in [-0.15, -0.1) is 0 Å². The molecule has 1 aliphatic rings. The van der Waals surface area contributed by atoms with Crippen molar-refractivity contribution in [1.82, 2.24) is 4.90 Å². The van der Waals surface area contributed by atoms with Gasteiger partial charge in [-0.1, -0.05) is 18.2 Å². The minimum atomic E-state index is -0.786. The van der Waals surface area contributed by atoms with Gasteiger partial charge in [0.1, 0.15) is 6.04 Å². The largest absolute Gasteiger partial charge is 0.480 e. The summed E-state index contributed by atoms with van der Waals surface area (Å²) in [5.41, 5.74) is 3.62. The quantitative estimate of drug-likeness (QED) is 0.870.